The molecule has 1 amide bonds. The second-order valence-corrected chi connectivity index (χ2v) is 6.07. The van der Waals surface area contributed by atoms with Crippen LogP contribution in [-0.4, -0.2) is 33.4 Å². The van der Waals surface area contributed by atoms with Crippen molar-refractivity contribution in [3.63, 3.8) is 0 Å². The quantitative estimate of drug-likeness (QED) is 0.946. The highest BCUT2D eigenvalue weighted by Crippen LogP contribution is 2.36. The Hall–Kier alpha value is -2.43. The van der Waals surface area contributed by atoms with Gasteiger partial charge >= 0.3 is 0 Å². The van der Waals surface area contributed by atoms with Crippen LogP contribution in [0.5, 0.6) is 0 Å². The van der Waals surface area contributed by atoms with Gasteiger partial charge in [0.05, 0.1) is 0 Å². The molecular formula is C18H22N4O. The number of aryl methyl sites for hydroxylation is 1. The SMILES string of the molecule is CC[C@@H]1[C@@H](c2ccc(C)cc2)CCN1C(=O)c1nccnc1N. The summed E-state index contributed by atoms with van der Waals surface area (Å²) in [4.78, 5) is 22.8. The van der Waals surface area contributed by atoms with Crippen LogP contribution in [0.1, 0.15) is 47.3 Å². The van der Waals surface area contributed by atoms with Crippen molar-refractivity contribution in [1.29, 1.82) is 0 Å². The summed E-state index contributed by atoms with van der Waals surface area (Å²) in [6, 6.07) is 8.78. The van der Waals surface area contributed by atoms with Crippen LogP contribution in [0.15, 0.2) is 36.7 Å². The third-order valence-corrected chi connectivity index (χ3v) is 4.66. The Bertz CT molecular complexity index is 698. The molecule has 2 heterocycles. The molecule has 0 spiro atoms. The van der Waals surface area contributed by atoms with Gasteiger partial charge in [-0.2, -0.15) is 0 Å². The standard InChI is InChI=1S/C18H22N4O/c1-3-15-14(13-6-4-12(2)5-7-13)8-11-22(15)18(23)16-17(19)21-10-9-20-16/h4-7,9-10,14-15H,3,8,11H2,1-2H3,(H2,19,21)/t14-,15-/m1/s1. The topological polar surface area (TPSA) is 72.1 Å². The average molecular weight is 310 g/mol. The summed E-state index contributed by atoms with van der Waals surface area (Å²) in [7, 11) is 0. The molecule has 2 atom stereocenters. The van der Waals surface area contributed by atoms with E-state index in [4.69, 9.17) is 5.73 Å². The number of nitrogen functional groups attached to an aromatic ring is 1. The molecule has 0 aliphatic carbocycles. The fourth-order valence-corrected chi connectivity index (χ4v) is 3.46. The predicted molar refractivity (Wildman–Crippen MR) is 90.1 cm³/mol. The van der Waals surface area contributed by atoms with Gasteiger partial charge in [0.1, 0.15) is 0 Å². The van der Waals surface area contributed by atoms with Crippen molar-refractivity contribution >= 4 is 11.7 Å². The first-order valence-corrected chi connectivity index (χ1v) is 8.05. The van der Waals surface area contributed by atoms with Crippen LogP contribution >= 0.6 is 0 Å². The lowest BCUT2D eigenvalue weighted by Crippen LogP contribution is -2.38. The predicted octanol–water partition coefficient (Wildman–Crippen LogP) is 2.78. The summed E-state index contributed by atoms with van der Waals surface area (Å²) in [6.07, 6.45) is 4.89. The van der Waals surface area contributed by atoms with Gasteiger partial charge in [-0.15, -0.1) is 0 Å². The Morgan fingerprint density at radius 2 is 1.96 bits per heavy atom. The molecular weight excluding hydrogens is 288 g/mol. The maximum atomic E-state index is 12.8. The molecule has 2 aromatic rings. The van der Waals surface area contributed by atoms with Crippen molar-refractivity contribution in [2.75, 3.05) is 12.3 Å². The second-order valence-electron chi connectivity index (χ2n) is 6.07. The highest BCUT2D eigenvalue weighted by atomic mass is 16.2. The highest BCUT2D eigenvalue weighted by molar-refractivity contribution is 5.96. The summed E-state index contributed by atoms with van der Waals surface area (Å²) >= 11 is 0. The van der Waals surface area contributed by atoms with Gasteiger partial charge in [0.15, 0.2) is 11.5 Å². The molecule has 1 saturated heterocycles. The Morgan fingerprint density at radius 1 is 1.26 bits per heavy atom. The molecule has 0 radical (unpaired) electrons. The number of nitrogens with two attached hydrogens (primary N) is 1. The molecule has 0 bridgehead atoms. The molecule has 23 heavy (non-hydrogen) atoms. The van der Waals surface area contributed by atoms with Crippen LogP contribution in [0.25, 0.3) is 0 Å². The van der Waals surface area contributed by atoms with Crippen LogP contribution < -0.4 is 5.73 Å². The van der Waals surface area contributed by atoms with Gasteiger partial charge in [0.25, 0.3) is 5.91 Å². The zero-order valence-electron chi connectivity index (χ0n) is 13.6. The Balaban J connectivity index is 1.86. The van der Waals surface area contributed by atoms with Crippen LogP contribution in [0.3, 0.4) is 0 Å². The summed E-state index contributed by atoms with van der Waals surface area (Å²) in [5.41, 5.74) is 8.62. The summed E-state index contributed by atoms with van der Waals surface area (Å²) in [6.45, 7) is 4.94. The third kappa shape index (κ3) is 2.91. The monoisotopic (exact) mass is 310 g/mol. The smallest absolute Gasteiger partial charge is 0.276 e. The zero-order chi connectivity index (χ0) is 16.4. The van der Waals surface area contributed by atoms with E-state index < -0.39 is 0 Å². The number of nitrogens with zero attached hydrogens (tertiary/aromatic N) is 3. The lowest BCUT2D eigenvalue weighted by Gasteiger charge is -2.27. The van der Waals surface area contributed by atoms with Gasteiger partial charge in [-0.25, -0.2) is 9.97 Å². The lowest BCUT2D eigenvalue weighted by molar-refractivity contribution is 0.0722. The number of amides is 1. The van der Waals surface area contributed by atoms with E-state index in [1.165, 1.54) is 23.5 Å². The fraction of sp³-hybridized carbons (Fsp3) is 0.389. The number of hydrogen-bond acceptors (Lipinski definition) is 4. The number of hydrogen-bond donors (Lipinski definition) is 1. The highest BCUT2D eigenvalue weighted by Gasteiger charge is 2.37. The molecule has 1 fully saturated rings. The molecule has 120 valence electrons. The number of likely N-dealkylation sites (tertiary alicyclic amines) is 1. The molecule has 1 aromatic heterocycles. The molecule has 5 nitrogen and oxygen atoms in total. The summed E-state index contributed by atoms with van der Waals surface area (Å²) < 4.78 is 0. The molecule has 1 aliphatic heterocycles. The van der Waals surface area contributed by atoms with Crippen molar-refractivity contribution in [2.45, 2.75) is 38.6 Å². The van der Waals surface area contributed by atoms with Gasteiger partial charge in [-0.3, -0.25) is 4.79 Å². The van der Waals surface area contributed by atoms with Gasteiger partial charge in [-0.1, -0.05) is 36.8 Å². The van der Waals surface area contributed by atoms with E-state index in [2.05, 4.69) is 48.1 Å². The fourth-order valence-electron chi connectivity index (χ4n) is 3.46. The molecule has 2 N–H and O–H groups in total. The van der Waals surface area contributed by atoms with Crippen molar-refractivity contribution in [3.8, 4) is 0 Å². The zero-order valence-corrected chi connectivity index (χ0v) is 13.6. The summed E-state index contributed by atoms with van der Waals surface area (Å²) in [5.74, 6) is 0.450. The van der Waals surface area contributed by atoms with Crippen molar-refractivity contribution < 1.29 is 4.79 Å². The number of carbonyl (C=O) groups is 1. The molecule has 5 heteroatoms. The first kappa shape index (κ1) is 15.5. The minimum atomic E-state index is -0.114. The van der Waals surface area contributed by atoms with Gasteiger partial charge in [0.2, 0.25) is 0 Å². The van der Waals surface area contributed by atoms with Crippen LogP contribution in [0.2, 0.25) is 0 Å². The molecule has 0 unspecified atom stereocenters. The van der Waals surface area contributed by atoms with Gasteiger partial charge in [0, 0.05) is 30.9 Å². The van der Waals surface area contributed by atoms with Crippen LogP contribution in [-0.2, 0) is 0 Å². The van der Waals surface area contributed by atoms with Gasteiger partial charge in [-0.05, 0) is 25.3 Å². The van der Waals surface area contributed by atoms with E-state index in [1.54, 1.807) is 0 Å². The Labute approximate surface area is 136 Å². The first-order valence-electron chi connectivity index (χ1n) is 8.05. The number of benzene rings is 1. The van der Waals surface area contributed by atoms with Crippen LogP contribution in [0.4, 0.5) is 5.82 Å². The normalized spacial score (nSPS) is 20.7. The number of carbonyl (C=O) groups excluding carboxylic acids is 1. The minimum Gasteiger partial charge on any atom is -0.382 e. The minimum absolute atomic E-state index is 0.114. The number of rotatable bonds is 3. The second kappa shape index (κ2) is 6.36. The van der Waals surface area contributed by atoms with Crippen molar-refractivity contribution in [2.24, 2.45) is 0 Å². The van der Waals surface area contributed by atoms with E-state index >= 15 is 0 Å². The third-order valence-electron chi connectivity index (χ3n) is 4.66. The van der Waals surface area contributed by atoms with E-state index in [1.807, 2.05) is 4.90 Å². The molecule has 1 aromatic carbocycles. The number of aromatic nitrogens is 2. The van der Waals surface area contributed by atoms with E-state index in [-0.39, 0.29) is 23.5 Å². The molecule has 1 aliphatic rings. The van der Waals surface area contributed by atoms with E-state index in [9.17, 15) is 4.79 Å². The van der Waals surface area contributed by atoms with Crippen molar-refractivity contribution in [3.05, 3.63) is 53.5 Å². The van der Waals surface area contributed by atoms with Crippen molar-refractivity contribution in [1.82, 2.24) is 14.9 Å². The molecule has 0 saturated carbocycles. The lowest BCUT2D eigenvalue weighted by atomic mass is 9.90. The average Bonchev–Trinajstić information content (AvgIpc) is 2.99. The summed E-state index contributed by atoms with van der Waals surface area (Å²) in [5, 5.41) is 0. The maximum Gasteiger partial charge on any atom is 0.276 e. The number of anilines is 1. The van der Waals surface area contributed by atoms with Gasteiger partial charge < -0.3 is 10.6 Å². The Kier molecular flexibility index (Phi) is 4.28. The van der Waals surface area contributed by atoms with E-state index in [0.29, 0.717) is 5.92 Å². The van der Waals surface area contributed by atoms with E-state index in [0.717, 1.165) is 19.4 Å². The Morgan fingerprint density at radius 3 is 2.61 bits per heavy atom. The maximum absolute atomic E-state index is 12.8. The first-order chi connectivity index (χ1) is 11.1. The van der Waals surface area contributed by atoms with Crippen LogP contribution in [0, 0.1) is 6.92 Å². The largest absolute Gasteiger partial charge is 0.382 e. The molecule has 3 rings (SSSR count).